The Kier molecular flexibility index (Phi) is 6.40. The number of hydrogen-bond donors (Lipinski definition) is 3. The Bertz CT molecular complexity index is 180. The van der Waals surface area contributed by atoms with Crippen molar-refractivity contribution in [3.8, 4) is 0 Å². The lowest BCUT2D eigenvalue weighted by Crippen LogP contribution is -2.35. The molecule has 0 bridgehead atoms. The van der Waals surface area contributed by atoms with Crippen LogP contribution in [0.2, 0.25) is 0 Å². The van der Waals surface area contributed by atoms with Gasteiger partial charge in [-0.2, -0.15) is 0 Å². The Hall–Kier alpha value is -0.710. The molecule has 76 valence electrons. The van der Waals surface area contributed by atoms with E-state index in [9.17, 15) is 4.79 Å². The zero-order valence-corrected chi connectivity index (χ0v) is 8.91. The fraction of sp³-hybridized carbons (Fsp3) is 0.750. The molecule has 0 saturated carbocycles. The second-order valence-electron chi connectivity index (χ2n) is 2.73. The standard InChI is InChI=1S/C8H17N3OS/c1-3-6(4-2)11-7(12)5-13-8(9)10/h6H,3-5H2,1-2H3,(H3,9,10)(H,11,12). The van der Waals surface area contributed by atoms with Gasteiger partial charge in [-0.3, -0.25) is 10.2 Å². The molecular weight excluding hydrogens is 186 g/mol. The Balaban J connectivity index is 3.66. The molecule has 0 aliphatic carbocycles. The highest BCUT2D eigenvalue weighted by atomic mass is 32.2. The van der Waals surface area contributed by atoms with Gasteiger partial charge in [0.2, 0.25) is 5.91 Å². The van der Waals surface area contributed by atoms with E-state index in [2.05, 4.69) is 5.32 Å². The Morgan fingerprint density at radius 1 is 1.54 bits per heavy atom. The molecular formula is C8H17N3OS. The Morgan fingerprint density at radius 3 is 2.46 bits per heavy atom. The zero-order chi connectivity index (χ0) is 10.3. The van der Waals surface area contributed by atoms with Crippen LogP contribution >= 0.6 is 11.8 Å². The van der Waals surface area contributed by atoms with Crippen LogP contribution < -0.4 is 11.1 Å². The van der Waals surface area contributed by atoms with E-state index in [1.54, 1.807) is 0 Å². The largest absolute Gasteiger partial charge is 0.379 e. The van der Waals surface area contributed by atoms with Gasteiger partial charge in [0.1, 0.15) is 0 Å². The first-order valence-corrected chi connectivity index (χ1v) is 5.34. The average Bonchev–Trinajstić information content (AvgIpc) is 2.10. The molecule has 4 nitrogen and oxygen atoms in total. The Labute approximate surface area is 83.2 Å². The van der Waals surface area contributed by atoms with E-state index in [0.29, 0.717) is 0 Å². The fourth-order valence-electron chi connectivity index (χ4n) is 0.905. The van der Waals surface area contributed by atoms with Gasteiger partial charge in [-0.25, -0.2) is 0 Å². The van der Waals surface area contributed by atoms with Crippen molar-refractivity contribution < 1.29 is 4.79 Å². The minimum absolute atomic E-state index is 0.0142. The van der Waals surface area contributed by atoms with E-state index < -0.39 is 0 Å². The van der Waals surface area contributed by atoms with Crippen molar-refractivity contribution >= 4 is 22.8 Å². The van der Waals surface area contributed by atoms with Crippen LogP contribution in [0, 0.1) is 5.41 Å². The summed E-state index contributed by atoms with van der Waals surface area (Å²) in [4.78, 5) is 11.2. The molecule has 0 fully saturated rings. The van der Waals surface area contributed by atoms with Gasteiger partial charge in [0.05, 0.1) is 5.75 Å². The van der Waals surface area contributed by atoms with Gasteiger partial charge in [0.15, 0.2) is 5.17 Å². The van der Waals surface area contributed by atoms with Crippen LogP contribution in [0.5, 0.6) is 0 Å². The minimum Gasteiger partial charge on any atom is -0.379 e. The predicted octanol–water partition coefficient (Wildman–Crippen LogP) is 0.918. The predicted molar refractivity (Wildman–Crippen MR) is 56.9 cm³/mol. The third-order valence-electron chi connectivity index (χ3n) is 1.71. The van der Waals surface area contributed by atoms with Crippen LogP contribution in [-0.2, 0) is 4.79 Å². The van der Waals surface area contributed by atoms with Crippen molar-refractivity contribution in [3.63, 3.8) is 0 Å². The maximum Gasteiger partial charge on any atom is 0.230 e. The van der Waals surface area contributed by atoms with Gasteiger partial charge in [0.25, 0.3) is 0 Å². The highest BCUT2D eigenvalue weighted by Gasteiger charge is 2.08. The van der Waals surface area contributed by atoms with Crippen LogP contribution in [0.15, 0.2) is 0 Å². The van der Waals surface area contributed by atoms with E-state index >= 15 is 0 Å². The third-order valence-corrected chi connectivity index (χ3v) is 2.43. The quantitative estimate of drug-likeness (QED) is 0.459. The van der Waals surface area contributed by atoms with Gasteiger partial charge < -0.3 is 11.1 Å². The molecule has 0 saturated heterocycles. The van der Waals surface area contributed by atoms with Gasteiger partial charge >= 0.3 is 0 Å². The highest BCUT2D eigenvalue weighted by Crippen LogP contribution is 2.00. The normalized spacial score (nSPS) is 10.1. The van der Waals surface area contributed by atoms with E-state index in [1.165, 1.54) is 0 Å². The molecule has 0 spiro atoms. The van der Waals surface area contributed by atoms with Crippen LogP contribution in [0.25, 0.3) is 0 Å². The number of nitrogens with two attached hydrogens (primary N) is 1. The lowest BCUT2D eigenvalue weighted by atomic mass is 10.2. The number of carbonyl (C=O) groups excluding carboxylic acids is 1. The molecule has 5 heteroatoms. The summed E-state index contributed by atoms with van der Waals surface area (Å²) in [7, 11) is 0. The number of hydrogen-bond acceptors (Lipinski definition) is 3. The smallest absolute Gasteiger partial charge is 0.230 e. The van der Waals surface area contributed by atoms with Gasteiger partial charge in [-0.15, -0.1) is 0 Å². The van der Waals surface area contributed by atoms with E-state index in [-0.39, 0.29) is 22.9 Å². The van der Waals surface area contributed by atoms with Crippen molar-refractivity contribution in [2.24, 2.45) is 5.73 Å². The number of carbonyl (C=O) groups is 1. The second-order valence-corrected chi connectivity index (χ2v) is 3.75. The molecule has 0 unspecified atom stereocenters. The van der Waals surface area contributed by atoms with E-state index in [0.717, 1.165) is 24.6 Å². The van der Waals surface area contributed by atoms with E-state index in [1.807, 2.05) is 13.8 Å². The van der Waals surface area contributed by atoms with Gasteiger partial charge in [0, 0.05) is 6.04 Å². The van der Waals surface area contributed by atoms with Gasteiger partial charge in [-0.05, 0) is 12.8 Å². The summed E-state index contributed by atoms with van der Waals surface area (Å²) >= 11 is 1.05. The highest BCUT2D eigenvalue weighted by molar-refractivity contribution is 8.14. The van der Waals surface area contributed by atoms with Crippen molar-refractivity contribution in [3.05, 3.63) is 0 Å². The topological polar surface area (TPSA) is 79.0 Å². The molecule has 0 radical (unpaired) electrons. The lowest BCUT2D eigenvalue weighted by Gasteiger charge is -2.13. The number of rotatable bonds is 5. The van der Waals surface area contributed by atoms with Crippen molar-refractivity contribution in [2.45, 2.75) is 32.7 Å². The number of amidine groups is 1. The molecule has 0 aliphatic rings. The molecule has 0 rings (SSSR count). The fourth-order valence-corrected chi connectivity index (χ4v) is 1.28. The summed E-state index contributed by atoms with van der Waals surface area (Å²) in [5, 5.41) is 9.77. The maximum absolute atomic E-state index is 11.2. The number of amides is 1. The van der Waals surface area contributed by atoms with Gasteiger partial charge in [-0.1, -0.05) is 25.6 Å². The summed E-state index contributed by atoms with van der Waals surface area (Å²) in [6.45, 7) is 4.07. The molecule has 0 aromatic heterocycles. The zero-order valence-electron chi connectivity index (χ0n) is 8.09. The summed E-state index contributed by atoms with van der Waals surface area (Å²) < 4.78 is 0. The first-order chi connectivity index (χ1) is 6.10. The Morgan fingerprint density at radius 2 is 2.08 bits per heavy atom. The molecule has 1 amide bonds. The minimum atomic E-state index is -0.0473. The molecule has 13 heavy (non-hydrogen) atoms. The van der Waals surface area contributed by atoms with Crippen molar-refractivity contribution in [2.75, 3.05) is 5.75 Å². The molecule has 0 aliphatic heterocycles. The van der Waals surface area contributed by atoms with Crippen molar-refractivity contribution in [1.82, 2.24) is 5.32 Å². The molecule has 0 atom stereocenters. The third kappa shape index (κ3) is 6.45. The second kappa shape index (κ2) is 6.77. The summed E-state index contributed by atoms with van der Waals surface area (Å²) in [5.74, 6) is 0.195. The van der Waals surface area contributed by atoms with E-state index in [4.69, 9.17) is 11.1 Å². The number of thioether (sulfide) groups is 1. The number of nitrogens with one attached hydrogen (secondary N) is 2. The molecule has 0 aromatic rings. The van der Waals surface area contributed by atoms with Crippen LogP contribution in [0.3, 0.4) is 0 Å². The molecule has 4 N–H and O–H groups in total. The van der Waals surface area contributed by atoms with Crippen LogP contribution in [0.4, 0.5) is 0 Å². The maximum atomic E-state index is 11.2. The SMILES string of the molecule is CCC(CC)NC(=O)CSC(=N)N. The molecule has 0 aromatic carbocycles. The first kappa shape index (κ1) is 12.3. The van der Waals surface area contributed by atoms with Crippen molar-refractivity contribution in [1.29, 1.82) is 5.41 Å². The summed E-state index contributed by atoms with van der Waals surface area (Å²) in [6.07, 6.45) is 1.87. The van der Waals surface area contributed by atoms with Crippen LogP contribution in [0.1, 0.15) is 26.7 Å². The first-order valence-electron chi connectivity index (χ1n) is 4.36. The van der Waals surface area contributed by atoms with Crippen LogP contribution in [-0.4, -0.2) is 22.9 Å². The lowest BCUT2D eigenvalue weighted by molar-refractivity contribution is -0.119. The monoisotopic (exact) mass is 203 g/mol. The summed E-state index contributed by atoms with van der Waals surface area (Å²) in [6, 6.07) is 0.250. The summed E-state index contributed by atoms with van der Waals surface area (Å²) in [5.41, 5.74) is 5.10. The molecule has 0 heterocycles. The average molecular weight is 203 g/mol.